The van der Waals surface area contributed by atoms with Crippen LogP contribution in [0.15, 0.2) is 46.9 Å². The summed E-state index contributed by atoms with van der Waals surface area (Å²) < 4.78 is 6.17. The van der Waals surface area contributed by atoms with Crippen molar-refractivity contribution >= 4 is 15.9 Å². The lowest BCUT2D eigenvalue weighted by atomic mass is 9.97. The molecule has 0 amide bonds. The highest BCUT2D eigenvalue weighted by Crippen LogP contribution is 2.28. The van der Waals surface area contributed by atoms with Crippen LogP contribution in [-0.4, -0.2) is 12.2 Å². The summed E-state index contributed by atoms with van der Waals surface area (Å²) >= 11 is 3.39. The average molecular weight is 307 g/mol. The van der Waals surface area contributed by atoms with Gasteiger partial charge >= 0.3 is 0 Å². The van der Waals surface area contributed by atoms with Crippen molar-refractivity contribution in [2.24, 2.45) is 0 Å². The molecule has 2 rings (SSSR count). The number of benzene rings is 2. The van der Waals surface area contributed by atoms with Crippen molar-refractivity contribution in [3.63, 3.8) is 0 Å². The second-order valence-electron chi connectivity index (χ2n) is 4.18. The van der Waals surface area contributed by atoms with Crippen molar-refractivity contribution in [3.05, 3.63) is 63.6 Å². The predicted molar refractivity (Wildman–Crippen MR) is 75.9 cm³/mol. The van der Waals surface area contributed by atoms with Crippen LogP contribution in [0.4, 0.5) is 0 Å². The quantitative estimate of drug-likeness (QED) is 0.933. The number of hydrogen-bond acceptors (Lipinski definition) is 2. The smallest absolute Gasteiger partial charge is 0.119 e. The second kappa shape index (κ2) is 5.55. The van der Waals surface area contributed by atoms with Gasteiger partial charge in [0, 0.05) is 4.47 Å². The third kappa shape index (κ3) is 2.74. The summed E-state index contributed by atoms with van der Waals surface area (Å²) in [5, 5.41) is 10.4. The Balaban J connectivity index is 2.33. The van der Waals surface area contributed by atoms with E-state index in [-0.39, 0.29) is 0 Å². The van der Waals surface area contributed by atoms with E-state index in [4.69, 9.17) is 4.74 Å². The zero-order valence-electron chi connectivity index (χ0n) is 10.4. The molecule has 94 valence electrons. The molecular formula is C15H15BrO2. The summed E-state index contributed by atoms with van der Waals surface area (Å²) in [6.07, 6.45) is -0.607. The fraction of sp³-hybridized carbons (Fsp3) is 0.200. The summed E-state index contributed by atoms with van der Waals surface area (Å²) in [7, 11) is 1.64. The third-order valence-electron chi connectivity index (χ3n) is 2.96. The average Bonchev–Trinajstić information content (AvgIpc) is 2.38. The van der Waals surface area contributed by atoms with Crippen molar-refractivity contribution in [3.8, 4) is 5.75 Å². The van der Waals surface area contributed by atoms with Gasteiger partial charge in [0.1, 0.15) is 11.9 Å². The van der Waals surface area contributed by atoms with Crippen LogP contribution in [0.25, 0.3) is 0 Å². The summed E-state index contributed by atoms with van der Waals surface area (Å²) in [4.78, 5) is 0. The molecule has 0 saturated heterocycles. The van der Waals surface area contributed by atoms with E-state index in [0.717, 1.165) is 26.9 Å². The molecule has 2 aromatic carbocycles. The maximum atomic E-state index is 10.4. The highest BCUT2D eigenvalue weighted by Gasteiger charge is 2.13. The van der Waals surface area contributed by atoms with E-state index >= 15 is 0 Å². The van der Waals surface area contributed by atoms with E-state index in [9.17, 15) is 5.11 Å². The van der Waals surface area contributed by atoms with Gasteiger partial charge in [0.05, 0.1) is 7.11 Å². The molecule has 1 atom stereocenters. The minimum atomic E-state index is -0.607. The maximum Gasteiger partial charge on any atom is 0.119 e. The van der Waals surface area contributed by atoms with Gasteiger partial charge in [-0.3, -0.25) is 0 Å². The number of methoxy groups -OCH3 is 1. The largest absolute Gasteiger partial charge is 0.497 e. The Labute approximate surface area is 115 Å². The fourth-order valence-electron chi connectivity index (χ4n) is 1.91. The summed E-state index contributed by atoms with van der Waals surface area (Å²) in [6.45, 7) is 1.97. The topological polar surface area (TPSA) is 29.5 Å². The molecule has 2 aromatic rings. The van der Waals surface area contributed by atoms with E-state index in [1.54, 1.807) is 7.11 Å². The van der Waals surface area contributed by atoms with Crippen molar-refractivity contribution in [2.75, 3.05) is 7.11 Å². The van der Waals surface area contributed by atoms with Crippen molar-refractivity contribution in [1.29, 1.82) is 0 Å². The van der Waals surface area contributed by atoms with E-state index in [1.165, 1.54) is 0 Å². The van der Waals surface area contributed by atoms with E-state index < -0.39 is 6.10 Å². The van der Waals surface area contributed by atoms with Crippen LogP contribution in [0.5, 0.6) is 5.75 Å². The molecule has 0 saturated carbocycles. The number of aliphatic hydroxyl groups is 1. The Morgan fingerprint density at radius 1 is 1.11 bits per heavy atom. The lowest BCUT2D eigenvalue weighted by Crippen LogP contribution is -2.02. The van der Waals surface area contributed by atoms with E-state index in [2.05, 4.69) is 15.9 Å². The Hall–Kier alpha value is -1.32. The number of hydrogen-bond donors (Lipinski definition) is 1. The van der Waals surface area contributed by atoms with Crippen molar-refractivity contribution < 1.29 is 9.84 Å². The van der Waals surface area contributed by atoms with Gasteiger partial charge in [-0.15, -0.1) is 0 Å². The standard InChI is InChI=1S/C15H15BrO2/c1-10-9-13(18-2)7-8-14(10)15(17)11-3-5-12(16)6-4-11/h3-9,15,17H,1-2H3/t15-/m0/s1. The molecule has 0 aliphatic carbocycles. The zero-order valence-corrected chi connectivity index (χ0v) is 11.9. The van der Waals surface area contributed by atoms with Gasteiger partial charge in [0.15, 0.2) is 0 Å². The van der Waals surface area contributed by atoms with Crippen LogP contribution in [0, 0.1) is 6.92 Å². The minimum absolute atomic E-state index is 0.607. The molecule has 1 N–H and O–H groups in total. The van der Waals surface area contributed by atoms with Gasteiger partial charge in [-0.05, 0) is 47.9 Å². The fourth-order valence-corrected chi connectivity index (χ4v) is 2.17. The number of rotatable bonds is 3. The first-order chi connectivity index (χ1) is 8.61. The molecule has 0 aliphatic rings. The van der Waals surface area contributed by atoms with Crippen molar-refractivity contribution in [1.82, 2.24) is 0 Å². The van der Waals surface area contributed by atoms with Crippen LogP contribution in [0.1, 0.15) is 22.8 Å². The number of aryl methyl sites for hydroxylation is 1. The van der Waals surface area contributed by atoms with Crippen LogP contribution in [0.2, 0.25) is 0 Å². The molecule has 0 fully saturated rings. The molecule has 2 nitrogen and oxygen atoms in total. The molecule has 0 unspecified atom stereocenters. The normalized spacial score (nSPS) is 12.2. The second-order valence-corrected chi connectivity index (χ2v) is 5.09. The molecule has 0 heterocycles. The molecule has 0 bridgehead atoms. The van der Waals surface area contributed by atoms with Crippen LogP contribution in [0.3, 0.4) is 0 Å². The van der Waals surface area contributed by atoms with Crippen LogP contribution >= 0.6 is 15.9 Å². The number of ether oxygens (including phenoxy) is 1. The molecule has 0 radical (unpaired) electrons. The van der Waals surface area contributed by atoms with Gasteiger partial charge in [0.2, 0.25) is 0 Å². The molecular weight excluding hydrogens is 292 g/mol. The summed E-state index contributed by atoms with van der Waals surface area (Å²) in [5.41, 5.74) is 2.80. The van der Waals surface area contributed by atoms with Gasteiger partial charge in [-0.2, -0.15) is 0 Å². The monoisotopic (exact) mass is 306 g/mol. The number of aliphatic hydroxyl groups excluding tert-OH is 1. The first kappa shape index (κ1) is 13.1. The molecule has 3 heteroatoms. The maximum absolute atomic E-state index is 10.4. The Kier molecular flexibility index (Phi) is 4.04. The van der Waals surface area contributed by atoms with Crippen molar-refractivity contribution in [2.45, 2.75) is 13.0 Å². The third-order valence-corrected chi connectivity index (χ3v) is 3.49. The lowest BCUT2D eigenvalue weighted by Gasteiger charge is -2.15. The van der Waals surface area contributed by atoms with Crippen LogP contribution in [-0.2, 0) is 0 Å². The first-order valence-corrected chi connectivity index (χ1v) is 6.49. The highest BCUT2D eigenvalue weighted by atomic mass is 79.9. The SMILES string of the molecule is COc1ccc([C@@H](O)c2ccc(Br)cc2)c(C)c1. The van der Waals surface area contributed by atoms with Gasteiger partial charge in [-0.1, -0.05) is 34.1 Å². The molecule has 0 aromatic heterocycles. The van der Waals surface area contributed by atoms with Gasteiger partial charge in [0.25, 0.3) is 0 Å². The Morgan fingerprint density at radius 2 is 1.78 bits per heavy atom. The van der Waals surface area contributed by atoms with Crippen LogP contribution < -0.4 is 4.74 Å². The predicted octanol–water partition coefficient (Wildman–Crippen LogP) is 3.85. The first-order valence-electron chi connectivity index (χ1n) is 5.70. The van der Waals surface area contributed by atoms with E-state index in [1.807, 2.05) is 49.4 Å². The highest BCUT2D eigenvalue weighted by molar-refractivity contribution is 9.10. The number of halogens is 1. The van der Waals surface area contributed by atoms with E-state index in [0.29, 0.717) is 0 Å². The Bertz CT molecular complexity index is 535. The molecule has 18 heavy (non-hydrogen) atoms. The lowest BCUT2D eigenvalue weighted by molar-refractivity contribution is 0.219. The van der Waals surface area contributed by atoms with Gasteiger partial charge in [-0.25, -0.2) is 0 Å². The molecule has 0 spiro atoms. The summed E-state index contributed by atoms with van der Waals surface area (Å²) in [5.74, 6) is 0.805. The zero-order chi connectivity index (χ0) is 13.1. The molecule has 0 aliphatic heterocycles. The summed E-state index contributed by atoms with van der Waals surface area (Å²) in [6, 6.07) is 13.4. The Morgan fingerprint density at radius 3 is 2.33 bits per heavy atom. The van der Waals surface area contributed by atoms with Gasteiger partial charge < -0.3 is 9.84 Å². The minimum Gasteiger partial charge on any atom is -0.497 e.